The van der Waals surface area contributed by atoms with Gasteiger partial charge in [-0.15, -0.1) is 6.58 Å². The van der Waals surface area contributed by atoms with Gasteiger partial charge in [-0.05, 0) is 48.9 Å². The summed E-state index contributed by atoms with van der Waals surface area (Å²) in [5, 5.41) is 0.996. The summed E-state index contributed by atoms with van der Waals surface area (Å²) in [4.78, 5) is 14.4. The standard InChI is InChI=1S/C19H20Cl2N2O3S/c1-4-11-22-27(25,26)16-8-5-14(6-9-16)19(24)23(3)13(2)17-10-7-15(20)12-18(17)21/h4-10,12-13,22H,1,11H2,2-3H3. The van der Waals surface area contributed by atoms with Crippen LogP contribution in [0, 0.1) is 0 Å². The molecule has 0 saturated heterocycles. The van der Waals surface area contributed by atoms with Crippen molar-refractivity contribution in [1.82, 2.24) is 9.62 Å². The van der Waals surface area contributed by atoms with E-state index in [1.165, 1.54) is 35.2 Å². The van der Waals surface area contributed by atoms with Gasteiger partial charge in [0, 0.05) is 29.2 Å². The molecule has 0 saturated carbocycles. The fourth-order valence-corrected chi connectivity index (χ4v) is 4.02. The minimum atomic E-state index is -3.63. The average Bonchev–Trinajstić information content (AvgIpc) is 2.65. The summed E-state index contributed by atoms with van der Waals surface area (Å²) < 4.78 is 26.5. The molecular weight excluding hydrogens is 407 g/mol. The number of benzene rings is 2. The molecule has 2 aromatic rings. The van der Waals surface area contributed by atoms with Crippen molar-refractivity contribution in [3.8, 4) is 0 Å². The molecule has 0 aliphatic heterocycles. The van der Waals surface area contributed by atoms with Crippen molar-refractivity contribution in [2.45, 2.75) is 17.9 Å². The SMILES string of the molecule is C=CCNS(=O)(=O)c1ccc(C(=O)N(C)C(C)c2ccc(Cl)cc2Cl)cc1. The molecule has 27 heavy (non-hydrogen) atoms. The largest absolute Gasteiger partial charge is 0.335 e. The molecule has 2 aromatic carbocycles. The molecule has 2 rings (SSSR count). The Labute approximate surface area is 169 Å². The van der Waals surface area contributed by atoms with Crippen molar-refractivity contribution in [3.63, 3.8) is 0 Å². The second-order valence-electron chi connectivity index (χ2n) is 5.92. The Bertz CT molecular complexity index is 944. The van der Waals surface area contributed by atoms with Gasteiger partial charge < -0.3 is 4.90 Å². The molecule has 0 spiro atoms. The van der Waals surface area contributed by atoms with Gasteiger partial charge >= 0.3 is 0 Å². The highest BCUT2D eigenvalue weighted by Gasteiger charge is 2.22. The van der Waals surface area contributed by atoms with E-state index in [1.807, 2.05) is 6.92 Å². The van der Waals surface area contributed by atoms with Crippen LogP contribution in [-0.4, -0.2) is 32.8 Å². The van der Waals surface area contributed by atoms with Gasteiger partial charge in [0.25, 0.3) is 5.91 Å². The molecule has 1 N–H and O–H groups in total. The maximum absolute atomic E-state index is 12.7. The first-order valence-corrected chi connectivity index (χ1v) is 10.3. The first kappa shape index (κ1) is 21.4. The molecule has 0 fully saturated rings. The van der Waals surface area contributed by atoms with E-state index in [2.05, 4.69) is 11.3 Å². The predicted molar refractivity (Wildman–Crippen MR) is 109 cm³/mol. The Hall–Kier alpha value is -1.86. The minimum Gasteiger partial charge on any atom is -0.335 e. The number of sulfonamides is 1. The smallest absolute Gasteiger partial charge is 0.254 e. The highest BCUT2D eigenvalue weighted by atomic mass is 35.5. The van der Waals surface area contributed by atoms with Crippen LogP contribution in [0.15, 0.2) is 60.0 Å². The predicted octanol–water partition coefficient (Wildman–Crippen LogP) is 4.29. The molecule has 1 amide bonds. The third-order valence-corrected chi connectivity index (χ3v) is 6.15. The Morgan fingerprint density at radius 1 is 1.22 bits per heavy atom. The van der Waals surface area contributed by atoms with Crippen LogP contribution in [-0.2, 0) is 10.0 Å². The zero-order chi connectivity index (χ0) is 20.2. The number of rotatable bonds is 7. The highest BCUT2D eigenvalue weighted by Crippen LogP contribution is 2.29. The number of hydrogen-bond acceptors (Lipinski definition) is 3. The first-order valence-electron chi connectivity index (χ1n) is 8.10. The molecule has 8 heteroatoms. The number of nitrogens with one attached hydrogen (secondary N) is 1. The summed E-state index contributed by atoms with van der Waals surface area (Å²) in [5.41, 5.74) is 1.14. The zero-order valence-corrected chi connectivity index (χ0v) is 17.3. The minimum absolute atomic E-state index is 0.0809. The molecule has 1 atom stereocenters. The van der Waals surface area contributed by atoms with Crippen LogP contribution in [0.5, 0.6) is 0 Å². The van der Waals surface area contributed by atoms with Crippen molar-refractivity contribution in [1.29, 1.82) is 0 Å². The van der Waals surface area contributed by atoms with Gasteiger partial charge in [0.2, 0.25) is 10.0 Å². The van der Waals surface area contributed by atoms with Gasteiger partial charge in [-0.3, -0.25) is 4.79 Å². The van der Waals surface area contributed by atoms with E-state index in [9.17, 15) is 13.2 Å². The average molecular weight is 427 g/mol. The molecular formula is C19H20Cl2N2O3S. The van der Waals surface area contributed by atoms with Gasteiger partial charge in [-0.2, -0.15) is 0 Å². The Kier molecular flexibility index (Phi) is 7.06. The summed E-state index contributed by atoms with van der Waals surface area (Å²) in [7, 11) is -1.97. The van der Waals surface area contributed by atoms with E-state index in [0.29, 0.717) is 15.6 Å². The molecule has 144 valence electrons. The van der Waals surface area contributed by atoms with Crippen LogP contribution in [0.25, 0.3) is 0 Å². The van der Waals surface area contributed by atoms with Crippen molar-refractivity contribution < 1.29 is 13.2 Å². The number of amides is 1. The third-order valence-electron chi connectivity index (χ3n) is 4.14. The molecule has 0 bridgehead atoms. The van der Waals surface area contributed by atoms with Gasteiger partial charge in [0.1, 0.15) is 0 Å². The second-order valence-corrected chi connectivity index (χ2v) is 8.53. The second kappa shape index (κ2) is 8.89. The molecule has 0 aliphatic carbocycles. The van der Waals surface area contributed by atoms with Crippen LogP contribution >= 0.6 is 23.2 Å². The van der Waals surface area contributed by atoms with Gasteiger partial charge in [-0.25, -0.2) is 13.1 Å². The Morgan fingerprint density at radius 3 is 2.41 bits per heavy atom. The maximum atomic E-state index is 12.7. The van der Waals surface area contributed by atoms with Crippen molar-refractivity contribution in [3.05, 3.63) is 76.3 Å². The van der Waals surface area contributed by atoms with Crippen LogP contribution in [0.1, 0.15) is 28.9 Å². The lowest BCUT2D eigenvalue weighted by atomic mass is 10.1. The van der Waals surface area contributed by atoms with E-state index in [0.717, 1.165) is 5.56 Å². The number of nitrogens with zero attached hydrogens (tertiary/aromatic N) is 1. The summed E-state index contributed by atoms with van der Waals surface area (Å²) in [6.07, 6.45) is 1.45. The Morgan fingerprint density at radius 2 is 1.85 bits per heavy atom. The van der Waals surface area contributed by atoms with Crippen LogP contribution in [0.2, 0.25) is 10.0 Å². The van der Waals surface area contributed by atoms with Crippen molar-refractivity contribution in [2.24, 2.45) is 0 Å². The number of halogens is 2. The fraction of sp³-hybridized carbons (Fsp3) is 0.211. The van der Waals surface area contributed by atoms with Crippen LogP contribution in [0.3, 0.4) is 0 Å². The molecule has 0 aliphatic rings. The van der Waals surface area contributed by atoms with Gasteiger partial charge in [0.05, 0.1) is 10.9 Å². The van der Waals surface area contributed by atoms with E-state index in [-0.39, 0.29) is 23.4 Å². The highest BCUT2D eigenvalue weighted by molar-refractivity contribution is 7.89. The fourth-order valence-electron chi connectivity index (χ4n) is 2.46. The van der Waals surface area contributed by atoms with Crippen molar-refractivity contribution >= 4 is 39.1 Å². The summed E-state index contributed by atoms with van der Waals surface area (Å²) >= 11 is 12.1. The van der Waals surface area contributed by atoms with E-state index >= 15 is 0 Å². The number of carbonyl (C=O) groups excluding carboxylic acids is 1. The van der Waals surface area contributed by atoms with Crippen LogP contribution in [0.4, 0.5) is 0 Å². The zero-order valence-electron chi connectivity index (χ0n) is 14.9. The normalized spacial score (nSPS) is 12.4. The summed E-state index contributed by atoms with van der Waals surface area (Å²) in [6, 6.07) is 10.6. The molecule has 0 aromatic heterocycles. The monoisotopic (exact) mass is 426 g/mol. The van der Waals surface area contributed by atoms with Gasteiger partial charge in [0.15, 0.2) is 0 Å². The summed E-state index contributed by atoms with van der Waals surface area (Å²) in [5.74, 6) is -0.253. The van der Waals surface area contributed by atoms with Gasteiger partial charge in [-0.1, -0.05) is 35.3 Å². The van der Waals surface area contributed by atoms with Crippen molar-refractivity contribution in [2.75, 3.05) is 13.6 Å². The number of hydrogen-bond donors (Lipinski definition) is 1. The first-order chi connectivity index (χ1) is 12.7. The third kappa shape index (κ3) is 5.11. The molecule has 0 heterocycles. The Balaban J connectivity index is 2.20. The van der Waals surface area contributed by atoms with E-state index < -0.39 is 10.0 Å². The molecule has 0 radical (unpaired) electrons. The topological polar surface area (TPSA) is 66.5 Å². The van der Waals surface area contributed by atoms with E-state index in [1.54, 1.807) is 25.2 Å². The van der Waals surface area contributed by atoms with Crippen LogP contribution < -0.4 is 4.72 Å². The lowest BCUT2D eigenvalue weighted by Gasteiger charge is -2.26. The maximum Gasteiger partial charge on any atom is 0.254 e. The lowest BCUT2D eigenvalue weighted by molar-refractivity contribution is 0.0742. The molecule has 5 nitrogen and oxygen atoms in total. The summed E-state index contributed by atoms with van der Waals surface area (Å²) in [6.45, 7) is 5.45. The number of carbonyl (C=O) groups is 1. The lowest BCUT2D eigenvalue weighted by Crippen LogP contribution is -2.30. The quantitative estimate of drug-likeness (QED) is 0.671. The molecule has 1 unspecified atom stereocenters. The van der Waals surface area contributed by atoms with E-state index in [4.69, 9.17) is 23.2 Å².